The second kappa shape index (κ2) is 6.32. The largest absolute Gasteiger partial charge is 0.329 e. The molecular weight excluding hydrogens is 296 g/mol. The lowest BCUT2D eigenvalue weighted by Crippen LogP contribution is -2.39. The van der Waals surface area contributed by atoms with Crippen LogP contribution in [0.5, 0.6) is 0 Å². The first-order chi connectivity index (χ1) is 8.24. The molecule has 1 atom stereocenters. The zero-order valence-electron chi connectivity index (χ0n) is 10.4. The van der Waals surface area contributed by atoms with Gasteiger partial charge < -0.3 is 5.73 Å². The number of thiophene rings is 1. The van der Waals surface area contributed by atoms with Crippen LogP contribution in [0.15, 0.2) is 15.9 Å². The summed E-state index contributed by atoms with van der Waals surface area (Å²) in [5.74, 6) is 0. The summed E-state index contributed by atoms with van der Waals surface area (Å²) in [5.41, 5.74) is 5.98. The number of rotatable bonds is 4. The van der Waals surface area contributed by atoms with Crippen molar-refractivity contribution < 1.29 is 0 Å². The SMILES string of the molecule is CN(C1CCCCC1)C(CN)c1sccc1Br. The van der Waals surface area contributed by atoms with Crippen molar-refractivity contribution in [3.8, 4) is 0 Å². The topological polar surface area (TPSA) is 29.3 Å². The van der Waals surface area contributed by atoms with Crippen LogP contribution in [0, 0.1) is 0 Å². The van der Waals surface area contributed by atoms with Crippen molar-refractivity contribution in [2.45, 2.75) is 44.2 Å². The molecule has 0 saturated heterocycles. The van der Waals surface area contributed by atoms with Crippen LogP contribution in [0.25, 0.3) is 0 Å². The van der Waals surface area contributed by atoms with Crippen molar-refractivity contribution in [3.63, 3.8) is 0 Å². The van der Waals surface area contributed by atoms with Crippen molar-refractivity contribution in [2.75, 3.05) is 13.6 Å². The Morgan fingerprint density at radius 1 is 1.47 bits per heavy atom. The van der Waals surface area contributed by atoms with Gasteiger partial charge in [-0.2, -0.15) is 0 Å². The molecule has 0 amide bonds. The molecule has 4 heteroatoms. The van der Waals surface area contributed by atoms with Crippen molar-refractivity contribution in [3.05, 3.63) is 20.8 Å². The average molecular weight is 317 g/mol. The molecule has 0 spiro atoms. The van der Waals surface area contributed by atoms with E-state index in [-0.39, 0.29) is 0 Å². The van der Waals surface area contributed by atoms with Gasteiger partial charge in [0.05, 0.1) is 6.04 Å². The fourth-order valence-electron chi connectivity index (χ4n) is 2.74. The van der Waals surface area contributed by atoms with Gasteiger partial charge in [0.15, 0.2) is 0 Å². The molecule has 2 rings (SSSR count). The average Bonchev–Trinajstić information content (AvgIpc) is 2.78. The summed E-state index contributed by atoms with van der Waals surface area (Å²) in [6, 6.07) is 3.20. The van der Waals surface area contributed by atoms with Crippen LogP contribution in [0.3, 0.4) is 0 Å². The van der Waals surface area contributed by atoms with Gasteiger partial charge in [-0.1, -0.05) is 19.3 Å². The van der Waals surface area contributed by atoms with E-state index in [1.165, 1.54) is 41.5 Å². The van der Waals surface area contributed by atoms with Crippen molar-refractivity contribution >= 4 is 27.3 Å². The fraction of sp³-hybridized carbons (Fsp3) is 0.692. The first-order valence-corrected chi connectivity index (χ1v) is 8.06. The monoisotopic (exact) mass is 316 g/mol. The Morgan fingerprint density at radius 3 is 2.71 bits per heavy atom. The maximum Gasteiger partial charge on any atom is 0.0575 e. The van der Waals surface area contributed by atoms with Gasteiger partial charge >= 0.3 is 0 Å². The molecule has 1 aliphatic rings. The lowest BCUT2D eigenvalue weighted by Gasteiger charge is -2.36. The molecule has 0 radical (unpaired) electrons. The third-order valence-electron chi connectivity index (χ3n) is 3.81. The maximum absolute atomic E-state index is 5.98. The van der Waals surface area contributed by atoms with E-state index in [4.69, 9.17) is 5.73 Å². The van der Waals surface area contributed by atoms with Crippen LogP contribution in [-0.2, 0) is 0 Å². The van der Waals surface area contributed by atoms with Crippen LogP contribution < -0.4 is 5.73 Å². The summed E-state index contributed by atoms with van der Waals surface area (Å²) in [7, 11) is 2.24. The summed E-state index contributed by atoms with van der Waals surface area (Å²) in [6.07, 6.45) is 6.81. The molecule has 0 bridgehead atoms. The van der Waals surface area contributed by atoms with Crippen LogP contribution in [0.4, 0.5) is 0 Å². The highest BCUT2D eigenvalue weighted by Gasteiger charge is 2.26. The highest BCUT2D eigenvalue weighted by molar-refractivity contribution is 9.10. The van der Waals surface area contributed by atoms with Crippen LogP contribution >= 0.6 is 27.3 Å². The minimum Gasteiger partial charge on any atom is -0.329 e. The maximum atomic E-state index is 5.98. The second-order valence-electron chi connectivity index (χ2n) is 4.84. The summed E-state index contributed by atoms with van der Waals surface area (Å²) in [5, 5.41) is 2.14. The quantitative estimate of drug-likeness (QED) is 0.916. The number of nitrogens with two attached hydrogens (primary N) is 1. The van der Waals surface area contributed by atoms with E-state index in [0.29, 0.717) is 18.6 Å². The van der Waals surface area contributed by atoms with Gasteiger partial charge in [0, 0.05) is 21.9 Å². The van der Waals surface area contributed by atoms with E-state index in [2.05, 4.69) is 39.3 Å². The van der Waals surface area contributed by atoms with E-state index in [1.54, 1.807) is 11.3 Å². The first kappa shape index (κ1) is 13.5. The molecule has 1 aromatic rings. The number of hydrogen-bond acceptors (Lipinski definition) is 3. The molecule has 1 saturated carbocycles. The standard InChI is InChI=1S/C13H21BrN2S/c1-16(10-5-3-2-4-6-10)12(9-15)13-11(14)7-8-17-13/h7-8,10,12H,2-6,9,15H2,1H3. The molecule has 0 aliphatic heterocycles. The Labute approximate surface area is 116 Å². The molecule has 1 unspecified atom stereocenters. The van der Waals surface area contributed by atoms with Crippen molar-refractivity contribution in [1.82, 2.24) is 4.90 Å². The van der Waals surface area contributed by atoms with Gasteiger partial charge in [-0.15, -0.1) is 11.3 Å². The molecule has 1 aliphatic carbocycles. The number of hydrogen-bond donors (Lipinski definition) is 1. The van der Waals surface area contributed by atoms with Gasteiger partial charge in [-0.3, -0.25) is 4.90 Å². The molecule has 2 nitrogen and oxygen atoms in total. The normalized spacial score (nSPS) is 19.8. The Hall–Kier alpha value is 0.100. The van der Waals surface area contributed by atoms with Gasteiger partial charge in [-0.25, -0.2) is 0 Å². The molecule has 96 valence electrons. The number of halogens is 1. The summed E-state index contributed by atoms with van der Waals surface area (Å²) < 4.78 is 1.21. The summed E-state index contributed by atoms with van der Waals surface area (Å²) in [4.78, 5) is 3.87. The van der Waals surface area contributed by atoms with E-state index < -0.39 is 0 Å². The fourth-order valence-corrected chi connectivity index (χ4v) is 4.55. The molecule has 1 aromatic heterocycles. The van der Waals surface area contributed by atoms with Crippen LogP contribution in [-0.4, -0.2) is 24.5 Å². The van der Waals surface area contributed by atoms with Crippen LogP contribution in [0.1, 0.15) is 43.0 Å². The Balaban J connectivity index is 2.09. The number of likely N-dealkylation sites (N-methyl/N-ethyl adjacent to an activating group) is 1. The molecule has 1 fully saturated rings. The molecule has 0 aromatic carbocycles. The molecular formula is C13H21BrN2S. The zero-order chi connectivity index (χ0) is 12.3. The Morgan fingerprint density at radius 2 is 2.18 bits per heavy atom. The summed E-state index contributed by atoms with van der Waals surface area (Å²) >= 11 is 5.43. The molecule has 17 heavy (non-hydrogen) atoms. The Kier molecular flexibility index (Phi) is 5.03. The summed E-state index contributed by atoms with van der Waals surface area (Å²) in [6.45, 7) is 0.701. The lowest BCUT2D eigenvalue weighted by atomic mass is 9.93. The zero-order valence-corrected chi connectivity index (χ0v) is 12.8. The first-order valence-electron chi connectivity index (χ1n) is 6.39. The van der Waals surface area contributed by atoms with E-state index in [1.807, 2.05) is 0 Å². The third-order valence-corrected chi connectivity index (χ3v) is 5.78. The van der Waals surface area contributed by atoms with Gasteiger partial charge in [0.1, 0.15) is 0 Å². The molecule has 2 N–H and O–H groups in total. The minimum atomic E-state index is 0.368. The second-order valence-corrected chi connectivity index (χ2v) is 6.64. The van der Waals surface area contributed by atoms with Crippen LogP contribution in [0.2, 0.25) is 0 Å². The number of nitrogens with zero attached hydrogens (tertiary/aromatic N) is 1. The van der Waals surface area contributed by atoms with Gasteiger partial charge in [0.2, 0.25) is 0 Å². The van der Waals surface area contributed by atoms with E-state index in [0.717, 1.165) is 0 Å². The minimum absolute atomic E-state index is 0.368. The van der Waals surface area contributed by atoms with Crippen molar-refractivity contribution in [1.29, 1.82) is 0 Å². The highest BCUT2D eigenvalue weighted by Crippen LogP contribution is 2.34. The third kappa shape index (κ3) is 3.11. The van der Waals surface area contributed by atoms with E-state index >= 15 is 0 Å². The predicted octanol–water partition coefficient (Wildman–Crippen LogP) is 3.77. The smallest absolute Gasteiger partial charge is 0.0575 e. The van der Waals surface area contributed by atoms with E-state index in [9.17, 15) is 0 Å². The van der Waals surface area contributed by atoms with Crippen molar-refractivity contribution in [2.24, 2.45) is 5.73 Å². The molecule has 1 heterocycles. The highest BCUT2D eigenvalue weighted by atomic mass is 79.9. The predicted molar refractivity (Wildman–Crippen MR) is 78.5 cm³/mol. The lowest BCUT2D eigenvalue weighted by molar-refractivity contribution is 0.142. The van der Waals surface area contributed by atoms with Gasteiger partial charge in [0.25, 0.3) is 0 Å². The Bertz CT molecular complexity index is 347. The van der Waals surface area contributed by atoms with Gasteiger partial charge in [-0.05, 0) is 47.3 Å².